The Kier molecular flexibility index (Phi) is 5.80. The van der Waals surface area contributed by atoms with E-state index in [1.807, 2.05) is 6.92 Å². The van der Waals surface area contributed by atoms with Gasteiger partial charge in [-0.3, -0.25) is 14.9 Å². The number of halogens is 2. The summed E-state index contributed by atoms with van der Waals surface area (Å²) in [5.41, 5.74) is 1.17. The number of non-ortho nitro benzene ring substituents is 1. The van der Waals surface area contributed by atoms with Crippen LogP contribution in [-0.4, -0.2) is 16.9 Å². The molecule has 6 nitrogen and oxygen atoms in total. The minimum atomic E-state index is -0.757. The maximum Gasteiger partial charge on any atom is 0.270 e. The molecule has 1 amide bonds. The molecule has 0 unspecified atom stereocenters. The van der Waals surface area contributed by atoms with Gasteiger partial charge in [0.05, 0.1) is 10.6 Å². The molecule has 8 heteroatoms. The number of carbonyl (C=O) groups excluding carboxylic acids is 1. The summed E-state index contributed by atoms with van der Waals surface area (Å²) >= 11 is 9.09. The summed E-state index contributed by atoms with van der Waals surface area (Å²) < 4.78 is 6.06. The molecule has 126 valence electrons. The fourth-order valence-corrected chi connectivity index (χ4v) is 2.63. The number of nitrogens with one attached hydrogen (secondary N) is 1. The second-order valence-electron chi connectivity index (χ2n) is 5.08. The number of hydrogen-bond acceptors (Lipinski definition) is 4. The van der Waals surface area contributed by atoms with Crippen LogP contribution < -0.4 is 10.1 Å². The van der Waals surface area contributed by atoms with Crippen LogP contribution in [0, 0.1) is 17.0 Å². The van der Waals surface area contributed by atoms with Crippen LogP contribution >= 0.6 is 27.5 Å². The van der Waals surface area contributed by atoms with E-state index in [1.54, 1.807) is 25.1 Å². The number of nitro benzene ring substituents is 1. The average molecular weight is 414 g/mol. The molecule has 1 atom stereocenters. The van der Waals surface area contributed by atoms with E-state index in [4.69, 9.17) is 16.3 Å². The first kappa shape index (κ1) is 18.2. The molecule has 0 spiro atoms. The highest BCUT2D eigenvalue weighted by Crippen LogP contribution is 2.28. The van der Waals surface area contributed by atoms with E-state index in [0.29, 0.717) is 20.9 Å². The number of amides is 1. The van der Waals surface area contributed by atoms with Gasteiger partial charge in [0, 0.05) is 21.6 Å². The van der Waals surface area contributed by atoms with Crippen LogP contribution in [0.3, 0.4) is 0 Å². The van der Waals surface area contributed by atoms with Crippen LogP contribution in [0.15, 0.2) is 40.9 Å². The predicted molar refractivity (Wildman–Crippen MR) is 95.7 cm³/mol. The Morgan fingerprint density at radius 2 is 2.04 bits per heavy atom. The third kappa shape index (κ3) is 4.46. The van der Waals surface area contributed by atoms with Crippen LogP contribution in [0.2, 0.25) is 5.02 Å². The summed E-state index contributed by atoms with van der Waals surface area (Å²) in [5, 5.41) is 14.0. The number of nitrogens with zero attached hydrogens (tertiary/aromatic N) is 1. The number of hydrogen-bond donors (Lipinski definition) is 1. The molecule has 0 radical (unpaired) electrons. The SMILES string of the molecule is Cc1cc(Cl)ccc1O[C@@H](C)C(=O)Nc1ccc([N+](=O)[O-])cc1Br. The van der Waals surface area contributed by atoms with Gasteiger partial charge >= 0.3 is 0 Å². The van der Waals surface area contributed by atoms with Crippen molar-refractivity contribution in [2.24, 2.45) is 0 Å². The van der Waals surface area contributed by atoms with Crippen molar-refractivity contribution in [3.8, 4) is 5.75 Å². The van der Waals surface area contributed by atoms with Crippen molar-refractivity contribution in [2.45, 2.75) is 20.0 Å². The van der Waals surface area contributed by atoms with E-state index >= 15 is 0 Å². The summed E-state index contributed by atoms with van der Waals surface area (Å²) in [6.45, 7) is 3.45. The number of nitro groups is 1. The van der Waals surface area contributed by atoms with Gasteiger partial charge in [0.2, 0.25) is 0 Å². The Balaban J connectivity index is 2.07. The van der Waals surface area contributed by atoms with Crippen molar-refractivity contribution in [3.63, 3.8) is 0 Å². The van der Waals surface area contributed by atoms with E-state index < -0.39 is 11.0 Å². The maximum absolute atomic E-state index is 12.2. The molecule has 0 saturated heterocycles. The third-order valence-corrected chi connectivity index (χ3v) is 4.12. The van der Waals surface area contributed by atoms with Gasteiger partial charge in [-0.25, -0.2) is 0 Å². The smallest absolute Gasteiger partial charge is 0.270 e. The quantitative estimate of drug-likeness (QED) is 0.568. The molecule has 24 heavy (non-hydrogen) atoms. The third-order valence-electron chi connectivity index (χ3n) is 3.23. The zero-order chi connectivity index (χ0) is 17.9. The summed E-state index contributed by atoms with van der Waals surface area (Å²) in [6, 6.07) is 9.22. The van der Waals surface area contributed by atoms with E-state index in [-0.39, 0.29) is 11.6 Å². The summed E-state index contributed by atoms with van der Waals surface area (Å²) in [5.74, 6) is 0.184. The normalized spacial score (nSPS) is 11.7. The highest BCUT2D eigenvalue weighted by atomic mass is 79.9. The molecule has 0 aliphatic heterocycles. The lowest BCUT2D eigenvalue weighted by Gasteiger charge is -2.17. The summed E-state index contributed by atoms with van der Waals surface area (Å²) in [4.78, 5) is 22.5. The summed E-state index contributed by atoms with van der Waals surface area (Å²) in [6.07, 6.45) is -0.757. The minimum Gasteiger partial charge on any atom is -0.481 e. The molecule has 0 aliphatic carbocycles. The molecule has 0 fully saturated rings. The van der Waals surface area contributed by atoms with Crippen LogP contribution in [-0.2, 0) is 4.79 Å². The van der Waals surface area contributed by atoms with Gasteiger partial charge < -0.3 is 10.1 Å². The topological polar surface area (TPSA) is 81.5 Å². The number of ether oxygens (including phenoxy) is 1. The van der Waals surface area contributed by atoms with E-state index in [9.17, 15) is 14.9 Å². The number of aryl methyl sites for hydroxylation is 1. The van der Waals surface area contributed by atoms with Crippen LogP contribution in [0.5, 0.6) is 5.75 Å². The first-order chi connectivity index (χ1) is 11.3. The predicted octanol–water partition coefficient (Wildman–Crippen LogP) is 4.73. The van der Waals surface area contributed by atoms with Gasteiger partial charge in [-0.05, 0) is 59.6 Å². The number of carbonyl (C=O) groups is 1. The molecule has 0 saturated carbocycles. The van der Waals surface area contributed by atoms with Gasteiger partial charge in [-0.2, -0.15) is 0 Å². The van der Waals surface area contributed by atoms with Crippen molar-refractivity contribution in [2.75, 3.05) is 5.32 Å². The average Bonchev–Trinajstić information content (AvgIpc) is 2.51. The number of benzene rings is 2. The molecule has 0 aliphatic rings. The first-order valence-electron chi connectivity index (χ1n) is 6.95. The second-order valence-corrected chi connectivity index (χ2v) is 6.37. The lowest BCUT2D eigenvalue weighted by molar-refractivity contribution is -0.384. The lowest BCUT2D eigenvalue weighted by Crippen LogP contribution is -2.30. The fourth-order valence-electron chi connectivity index (χ4n) is 1.94. The van der Waals surface area contributed by atoms with E-state index in [1.165, 1.54) is 18.2 Å². The Morgan fingerprint density at radius 3 is 2.62 bits per heavy atom. The van der Waals surface area contributed by atoms with E-state index in [0.717, 1.165) is 5.56 Å². The van der Waals surface area contributed by atoms with Crippen LogP contribution in [0.4, 0.5) is 11.4 Å². The molecular formula is C16H14BrClN2O4. The first-order valence-corrected chi connectivity index (χ1v) is 8.12. The highest BCUT2D eigenvalue weighted by molar-refractivity contribution is 9.10. The second kappa shape index (κ2) is 7.63. The molecule has 0 heterocycles. The Hall–Kier alpha value is -2.12. The highest BCUT2D eigenvalue weighted by Gasteiger charge is 2.18. The monoisotopic (exact) mass is 412 g/mol. The molecule has 2 rings (SSSR count). The lowest BCUT2D eigenvalue weighted by atomic mass is 10.2. The van der Waals surface area contributed by atoms with Crippen molar-refractivity contribution in [3.05, 3.63) is 61.6 Å². The molecule has 1 N–H and O–H groups in total. The zero-order valence-electron chi connectivity index (χ0n) is 12.9. The van der Waals surface area contributed by atoms with Crippen LogP contribution in [0.25, 0.3) is 0 Å². The molecule has 0 aromatic heterocycles. The molecule has 2 aromatic rings. The zero-order valence-corrected chi connectivity index (χ0v) is 15.2. The van der Waals surface area contributed by atoms with E-state index in [2.05, 4.69) is 21.2 Å². The molecule has 0 bridgehead atoms. The van der Waals surface area contributed by atoms with Crippen LogP contribution in [0.1, 0.15) is 12.5 Å². The van der Waals surface area contributed by atoms with Crippen molar-refractivity contribution < 1.29 is 14.5 Å². The molecular weight excluding hydrogens is 400 g/mol. The van der Waals surface area contributed by atoms with Gasteiger partial charge in [-0.1, -0.05) is 11.6 Å². The maximum atomic E-state index is 12.2. The standard InChI is InChI=1S/C16H14BrClN2O4/c1-9-7-11(18)3-6-15(9)24-10(2)16(21)19-14-5-4-12(20(22)23)8-13(14)17/h3-8,10H,1-2H3,(H,19,21)/t10-/m0/s1. The summed E-state index contributed by atoms with van der Waals surface area (Å²) in [7, 11) is 0. The van der Waals surface area contributed by atoms with Gasteiger partial charge in [0.25, 0.3) is 11.6 Å². The molecule has 2 aromatic carbocycles. The Labute approximate surface area is 152 Å². The van der Waals surface area contributed by atoms with Crippen molar-refractivity contribution >= 4 is 44.8 Å². The van der Waals surface area contributed by atoms with Gasteiger partial charge in [0.15, 0.2) is 6.10 Å². The number of anilines is 1. The number of rotatable bonds is 5. The minimum absolute atomic E-state index is 0.0686. The Morgan fingerprint density at radius 1 is 1.33 bits per heavy atom. The van der Waals surface area contributed by atoms with Gasteiger partial charge in [0.1, 0.15) is 5.75 Å². The van der Waals surface area contributed by atoms with Crippen molar-refractivity contribution in [1.82, 2.24) is 0 Å². The van der Waals surface area contributed by atoms with Crippen molar-refractivity contribution in [1.29, 1.82) is 0 Å². The van der Waals surface area contributed by atoms with Gasteiger partial charge in [-0.15, -0.1) is 0 Å². The Bertz CT molecular complexity index is 798. The largest absolute Gasteiger partial charge is 0.481 e. The fraction of sp³-hybridized carbons (Fsp3) is 0.188.